The third-order valence-corrected chi connectivity index (χ3v) is 27.4. The van der Waals surface area contributed by atoms with Gasteiger partial charge in [0.15, 0.2) is 0 Å². The molecule has 35 heteroatoms. The standard InChI is InChI=1S/5C21H21FN4O2/c5*1-28-11-14-10-25(12-24-14)19-8-18-15-4-5-17(22)21(13-2-3-13)16(15)6-7-26(18)20(27)9-23-19/h5*4-5,8,10,12-13H,2-3,6-7,9,11H2,1H3/i12D;9D2;5D;4D;1D3. The van der Waals surface area contributed by atoms with Crippen LogP contribution >= 0.6 is 0 Å². The van der Waals surface area contributed by atoms with Crippen LogP contribution < -0.4 is 0 Å². The highest BCUT2D eigenvalue weighted by molar-refractivity contribution is 6.11. The summed E-state index contributed by atoms with van der Waals surface area (Å²) in [4.78, 5) is 115. The first kappa shape index (κ1) is 83.0. The Morgan fingerprint density at radius 1 is 0.321 bits per heavy atom. The maximum Gasteiger partial charge on any atom is 0.248 e. The lowest BCUT2D eigenvalue weighted by atomic mass is 9.89. The van der Waals surface area contributed by atoms with Crippen LogP contribution in [0.25, 0.3) is 28.5 Å². The number of imidazole rings is 5. The number of nitrogens with zero attached hydrogens (tertiary/aromatic N) is 20. The molecule has 5 aliphatic carbocycles. The Labute approximate surface area is 815 Å². The number of amides is 5. The van der Waals surface area contributed by atoms with Gasteiger partial charge in [-0.2, -0.15) is 0 Å². The molecule has 0 unspecified atom stereocenters. The van der Waals surface area contributed by atoms with Crippen molar-refractivity contribution in [2.75, 3.05) is 101 Å². The maximum atomic E-state index is 14.7. The summed E-state index contributed by atoms with van der Waals surface area (Å²) in [6.07, 6.45) is 36.7. The van der Waals surface area contributed by atoms with E-state index in [9.17, 15) is 45.9 Å². The summed E-state index contributed by atoms with van der Waals surface area (Å²) >= 11 is 0. The number of methoxy groups -OCH3 is 5. The minimum absolute atomic E-state index is 0.00141. The summed E-state index contributed by atoms with van der Waals surface area (Å²) in [7, 11) is 3.84. The second-order valence-corrected chi connectivity index (χ2v) is 36.8. The van der Waals surface area contributed by atoms with E-state index in [0.717, 1.165) is 154 Å². The smallest absolute Gasteiger partial charge is 0.248 e. The molecule has 10 aliphatic heterocycles. The second kappa shape index (κ2) is 39.4. The normalized spacial score (nSPS) is 20.2. The average molecular weight is 1910 g/mol. The lowest BCUT2D eigenvalue weighted by molar-refractivity contribution is -0.127. The van der Waals surface area contributed by atoms with Crippen molar-refractivity contribution >= 4 is 87.2 Å². The number of allylic oxidation sites excluding steroid dienone is 5. The molecule has 10 aromatic rings. The molecule has 15 heterocycles. The van der Waals surface area contributed by atoms with E-state index in [1.54, 1.807) is 132 Å². The minimum atomic E-state index is -2.50. The van der Waals surface area contributed by atoms with Gasteiger partial charge in [0.2, 0.25) is 29.5 Å². The van der Waals surface area contributed by atoms with Crippen LogP contribution in [0.15, 0.2) is 179 Å². The molecule has 0 saturated heterocycles. The van der Waals surface area contributed by atoms with E-state index in [2.05, 4.69) is 49.9 Å². The lowest BCUT2D eigenvalue weighted by Gasteiger charge is -2.32. The predicted molar refractivity (Wildman–Crippen MR) is 512 cm³/mol. The van der Waals surface area contributed by atoms with Gasteiger partial charge in [0.05, 0.1) is 99.6 Å². The van der Waals surface area contributed by atoms with Gasteiger partial charge in [-0.15, -0.1) is 0 Å². The van der Waals surface area contributed by atoms with Gasteiger partial charge in [-0.05, 0) is 242 Å². The number of hydrogen-bond acceptors (Lipinski definition) is 20. The van der Waals surface area contributed by atoms with Gasteiger partial charge >= 0.3 is 0 Å². The number of ether oxygens (including phenoxy) is 5. The fourth-order valence-corrected chi connectivity index (χ4v) is 20.2. The molecule has 0 radical (unpaired) electrons. The lowest BCUT2D eigenvalue weighted by Crippen LogP contribution is -2.36. The van der Waals surface area contributed by atoms with Crippen molar-refractivity contribution in [3.8, 4) is 0 Å². The number of carbonyl (C=O) groups excluding carboxylic acids is 5. The Morgan fingerprint density at radius 2 is 0.593 bits per heavy atom. The van der Waals surface area contributed by atoms with Crippen LogP contribution in [0.4, 0.5) is 22.0 Å². The van der Waals surface area contributed by atoms with Crippen LogP contribution in [0.5, 0.6) is 0 Å². The molecule has 5 fully saturated rings. The zero-order valence-electron chi connectivity index (χ0n) is 85.5. The van der Waals surface area contributed by atoms with E-state index in [0.29, 0.717) is 166 Å². The third-order valence-electron chi connectivity index (χ3n) is 27.4. The molecule has 5 aromatic heterocycles. The Bertz CT molecular complexity index is 7430. The summed E-state index contributed by atoms with van der Waals surface area (Å²) in [5.74, 6) is 1.23. The van der Waals surface area contributed by atoms with E-state index in [1.807, 2.05) is 36.7 Å². The van der Waals surface area contributed by atoms with Crippen molar-refractivity contribution < 1.29 is 80.6 Å². The fourth-order valence-electron chi connectivity index (χ4n) is 20.2. The van der Waals surface area contributed by atoms with Crippen molar-refractivity contribution in [2.24, 2.45) is 25.0 Å². The number of aliphatic imine (C=N–C) groups is 5. The van der Waals surface area contributed by atoms with Crippen LogP contribution in [0.1, 0.15) is 217 Å². The average Bonchev–Trinajstić information content (AvgIpc) is 1.71. The number of hydrogen-bond donors (Lipinski definition) is 0. The molecular formula is C105H105F5N20O10. The van der Waals surface area contributed by atoms with Gasteiger partial charge in [-0.1, -0.05) is 0 Å². The molecule has 0 N–H and O–H groups in total. The maximum absolute atomic E-state index is 14.7. The van der Waals surface area contributed by atoms with Crippen LogP contribution in [0.2, 0.25) is 0 Å². The molecule has 720 valence electrons. The zero-order valence-corrected chi connectivity index (χ0v) is 77.5. The summed E-state index contributed by atoms with van der Waals surface area (Å²) < 4.78 is 169. The van der Waals surface area contributed by atoms with Crippen molar-refractivity contribution in [1.29, 1.82) is 0 Å². The van der Waals surface area contributed by atoms with E-state index in [-0.39, 0.29) is 133 Å². The van der Waals surface area contributed by atoms with Gasteiger partial charge < -0.3 is 48.2 Å². The molecule has 15 aliphatic rings. The van der Waals surface area contributed by atoms with Gasteiger partial charge in [0.25, 0.3) is 0 Å². The number of benzene rings is 5. The molecule has 5 saturated carbocycles. The molecule has 0 bridgehead atoms. The van der Waals surface area contributed by atoms with Gasteiger partial charge in [-0.3, -0.25) is 71.8 Å². The Kier molecular flexibility index (Phi) is 23.3. The fraction of sp³-hybridized carbons (Fsp3) is 0.381. The number of fused-ring (bicyclic) bond motifs is 15. The van der Waals surface area contributed by atoms with E-state index in [1.165, 1.54) is 41.8 Å². The van der Waals surface area contributed by atoms with Crippen molar-refractivity contribution in [1.82, 2.24) is 72.3 Å². The first-order valence-electron chi connectivity index (χ1n) is 51.2. The highest BCUT2D eigenvalue weighted by atomic mass is 19.1. The van der Waals surface area contributed by atoms with Crippen LogP contribution in [0, 0.1) is 29.1 Å². The highest BCUT2D eigenvalue weighted by Gasteiger charge is 2.43. The van der Waals surface area contributed by atoms with Crippen LogP contribution in [-0.2, 0) is 113 Å². The number of carbonyl (C=O) groups is 5. The molecular weight excluding hydrogens is 1800 g/mol. The predicted octanol–water partition coefficient (Wildman–Crippen LogP) is 13.7. The van der Waals surface area contributed by atoms with Gasteiger partial charge in [0, 0.05) is 157 Å². The van der Waals surface area contributed by atoms with Crippen LogP contribution in [0.3, 0.4) is 0 Å². The Hall–Kier alpha value is -14.0. The van der Waals surface area contributed by atoms with Crippen molar-refractivity contribution in [3.05, 3.63) is 295 Å². The quantitative estimate of drug-likeness (QED) is 0.0862. The SMILES string of the molecule is [2H]C([2H])([2H])OCc1cn(C2=NCC(=O)N3CCc4c(ccc(F)c4C4CC4)C3=C2)cn1.[2H]C1([2H])N=C(n2cnc(COC)c2)C=C2c3ccc(F)c(C4CC4)c3CCN2C1=O.[2H]c1cc(F)c(C2CC2)c2c1C1=CC(n3cnc(COC)c3)=NCC(=O)N1CC2.[2H]c1cc2c(c(C3CC3)c1F)CCN1C(=O)CN=C(n3cnc(COC)c3)C=C21.[2H]c1nc(COC)cn1C1=NCC(=O)N2CCc3c(ccc(F)c3C3CC3)C2=C1. The highest BCUT2D eigenvalue weighted by Crippen LogP contribution is 2.52. The second-order valence-electron chi connectivity index (χ2n) is 36.8. The van der Waals surface area contributed by atoms with Gasteiger partial charge in [0.1, 0.15) is 124 Å². The number of rotatable bonds is 15. The summed E-state index contributed by atoms with van der Waals surface area (Å²) in [5, 5.41) is 0. The zero-order chi connectivity index (χ0) is 103. The molecule has 5 amide bonds. The minimum Gasteiger partial charge on any atom is -0.378 e. The van der Waals surface area contributed by atoms with E-state index < -0.39 is 25.3 Å². The first-order chi connectivity index (χ1) is 71.4. The van der Waals surface area contributed by atoms with Crippen molar-refractivity contribution in [3.63, 3.8) is 0 Å². The summed E-state index contributed by atoms with van der Waals surface area (Å²) in [6.45, 7) is 1.09. The molecule has 0 atom stereocenters. The van der Waals surface area contributed by atoms with E-state index >= 15 is 0 Å². The summed E-state index contributed by atoms with van der Waals surface area (Å²) in [5.41, 5.74) is 18.9. The van der Waals surface area contributed by atoms with Crippen LogP contribution in [-0.4, -0.2) is 232 Å². The van der Waals surface area contributed by atoms with E-state index in [4.69, 9.17) is 34.7 Å². The monoisotopic (exact) mass is 1910 g/mol. The molecule has 25 rings (SSSR count). The Morgan fingerprint density at radius 3 is 0.921 bits per heavy atom. The summed E-state index contributed by atoms with van der Waals surface area (Å²) in [6, 6.07) is 12.5. The molecule has 140 heavy (non-hydrogen) atoms. The third kappa shape index (κ3) is 18.8. The number of halogens is 5. The Balaban J connectivity index is 0.000000108. The molecule has 30 nitrogen and oxygen atoms in total. The number of aromatic nitrogens is 10. The largest absolute Gasteiger partial charge is 0.378 e. The topological polar surface area (TPSA) is 299 Å². The first-order valence-corrected chi connectivity index (χ1v) is 47.2. The molecule has 5 aromatic carbocycles. The molecule has 0 spiro atoms. The van der Waals surface area contributed by atoms with Gasteiger partial charge in [-0.25, -0.2) is 46.9 Å². The van der Waals surface area contributed by atoms with Crippen molar-refractivity contribution in [2.45, 2.75) is 159 Å².